The molecule has 1 aromatic heterocycles. The highest BCUT2D eigenvalue weighted by Crippen LogP contribution is 2.28. The summed E-state index contributed by atoms with van der Waals surface area (Å²) >= 11 is 1.74. The zero-order valence-corrected chi connectivity index (χ0v) is 11.9. The summed E-state index contributed by atoms with van der Waals surface area (Å²) in [6.45, 7) is 4.45. The van der Waals surface area contributed by atoms with Crippen LogP contribution in [-0.2, 0) is 12.8 Å². The van der Waals surface area contributed by atoms with Gasteiger partial charge >= 0.3 is 0 Å². The van der Waals surface area contributed by atoms with E-state index in [0.717, 1.165) is 29.2 Å². The average molecular weight is 263 g/mol. The van der Waals surface area contributed by atoms with E-state index in [1.54, 1.807) is 11.8 Å². The second kappa shape index (κ2) is 5.74. The Bertz CT molecular complexity index is 455. The van der Waals surface area contributed by atoms with Crippen molar-refractivity contribution in [2.45, 2.75) is 44.6 Å². The minimum Gasteiger partial charge on any atom is -0.384 e. The third kappa shape index (κ3) is 3.05. The topological polar surface area (TPSA) is 62.8 Å². The first-order valence-corrected chi connectivity index (χ1v) is 7.56. The number of aromatic nitrogens is 1. The molecule has 0 aromatic carbocycles. The van der Waals surface area contributed by atoms with E-state index in [-0.39, 0.29) is 5.84 Å². The minimum atomic E-state index is 0.143. The fourth-order valence-corrected chi connectivity index (χ4v) is 3.43. The van der Waals surface area contributed by atoms with E-state index in [1.165, 1.54) is 24.1 Å². The van der Waals surface area contributed by atoms with Gasteiger partial charge in [0.05, 0.1) is 0 Å². The number of nitrogen functional groups attached to an aromatic ring is 1. The number of aryl methyl sites for hydroxylation is 2. The maximum Gasteiger partial charge on any atom is 0.125 e. The van der Waals surface area contributed by atoms with Crippen LogP contribution in [0.4, 0.5) is 0 Å². The number of nitrogens with zero attached hydrogens (tertiary/aromatic N) is 1. The highest BCUT2D eigenvalue weighted by molar-refractivity contribution is 7.99. The minimum absolute atomic E-state index is 0.143. The van der Waals surface area contributed by atoms with E-state index < -0.39 is 0 Å². The maximum absolute atomic E-state index is 7.68. The lowest BCUT2D eigenvalue weighted by Gasteiger charge is -2.11. The van der Waals surface area contributed by atoms with Gasteiger partial charge < -0.3 is 5.73 Å². The second-order valence-corrected chi connectivity index (χ2v) is 6.33. The van der Waals surface area contributed by atoms with Crippen LogP contribution in [0.1, 0.15) is 43.5 Å². The average Bonchev–Trinajstić information content (AvgIpc) is 2.74. The van der Waals surface area contributed by atoms with Gasteiger partial charge in [-0.25, -0.2) is 4.98 Å². The van der Waals surface area contributed by atoms with Gasteiger partial charge in [-0.3, -0.25) is 5.41 Å². The summed E-state index contributed by atoms with van der Waals surface area (Å²) in [5, 5.41) is 8.63. The third-order valence-corrected chi connectivity index (χ3v) is 4.26. The van der Waals surface area contributed by atoms with Crippen LogP contribution in [0.5, 0.6) is 0 Å². The number of rotatable bonds is 5. The number of nitrogens with two attached hydrogens (primary N) is 1. The fraction of sp³-hybridized carbons (Fsp3) is 0.571. The van der Waals surface area contributed by atoms with Crippen LogP contribution in [0.25, 0.3) is 0 Å². The molecule has 0 atom stereocenters. The molecular formula is C14H21N3S. The lowest BCUT2D eigenvalue weighted by atomic mass is 10.1. The standard InChI is InChI=1S/C14H21N3S/c1-9(2)6-7-18-14-11(13(15)16)8-10-4-3-5-12(10)17-14/h8-9H,3-7H2,1-2H3,(H3,15,16). The predicted octanol–water partition coefficient (Wildman–Crippen LogP) is 2.99. The molecule has 1 aliphatic carbocycles. The molecule has 2 rings (SSSR count). The maximum atomic E-state index is 7.68. The number of hydrogen-bond donors (Lipinski definition) is 2. The predicted molar refractivity (Wildman–Crippen MR) is 77.5 cm³/mol. The van der Waals surface area contributed by atoms with E-state index in [4.69, 9.17) is 16.1 Å². The van der Waals surface area contributed by atoms with Crippen molar-refractivity contribution in [2.75, 3.05) is 5.75 Å². The summed E-state index contributed by atoms with van der Waals surface area (Å²) in [5.74, 6) is 1.89. The number of fused-ring (bicyclic) bond motifs is 1. The van der Waals surface area contributed by atoms with E-state index >= 15 is 0 Å². The van der Waals surface area contributed by atoms with Gasteiger partial charge in [0, 0.05) is 11.3 Å². The van der Waals surface area contributed by atoms with E-state index in [9.17, 15) is 0 Å². The van der Waals surface area contributed by atoms with Gasteiger partial charge in [-0.05, 0) is 49.0 Å². The smallest absolute Gasteiger partial charge is 0.125 e. The highest BCUT2D eigenvalue weighted by atomic mass is 32.2. The number of hydrogen-bond acceptors (Lipinski definition) is 3. The summed E-state index contributed by atoms with van der Waals surface area (Å²) in [6.07, 6.45) is 4.51. The van der Waals surface area contributed by atoms with Crippen LogP contribution in [0, 0.1) is 11.3 Å². The van der Waals surface area contributed by atoms with Crippen molar-refractivity contribution in [2.24, 2.45) is 11.7 Å². The Balaban J connectivity index is 2.19. The molecular weight excluding hydrogens is 242 g/mol. The molecule has 1 aliphatic rings. The molecule has 3 nitrogen and oxygen atoms in total. The molecule has 0 spiro atoms. The molecule has 0 unspecified atom stereocenters. The lowest BCUT2D eigenvalue weighted by Crippen LogP contribution is -2.14. The summed E-state index contributed by atoms with van der Waals surface area (Å²) < 4.78 is 0. The lowest BCUT2D eigenvalue weighted by molar-refractivity contribution is 0.632. The zero-order chi connectivity index (χ0) is 13.1. The van der Waals surface area contributed by atoms with Gasteiger partial charge in [-0.1, -0.05) is 13.8 Å². The van der Waals surface area contributed by atoms with Crippen LogP contribution < -0.4 is 5.73 Å². The Morgan fingerprint density at radius 2 is 2.28 bits per heavy atom. The molecule has 0 aliphatic heterocycles. The van der Waals surface area contributed by atoms with Crippen molar-refractivity contribution in [1.29, 1.82) is 5.41 Å². The molecule has 1 heterocycles. The van der Waals surface area contributed by atoms with Gasteiger partial charge in [0.2, 0.25) is 0 Å². The number of nitrogens with one attached hydrogen (secondary N) is 1. The number of pyridine rings is 1. The molecule has 0 fully saturated rings. The normalized spacial score (nSPS) is 13.9. The molecule has 0 saturated heterocycles. The summed E-state index contributed by atoms with van der Waals surface area (Å²) in [5.41, 5.74) is 8.99. The molecule has 18 heavy (non-hydrogen) atoms. The van der Waals surface area contributed by atoms with Crippen molar-refractivity contribution in [3.8, 4) is 0 Å². The Labute approximate surface area is 113 Å². The molecule has 4 heteroatoms. The Hall–Kier alpha value is -1.03. The molecule has 1 aromatic rings. The first-order valence-electron chi connectivity index (χ1n) is 6.58. The highest BCUT2D eigenvalue weighted by Gasteiger charge is 2.17. The van der Waals surface area contributed by atoms with Crippen LogP contribution in [0.2, 0.25) is 0 Å². The molecule has 0 amide bonds. The Morgan fingerprint density at radius 3 is 2.94 bits per heavy atom. The largest absolute Gasteiger partial charge is 0.384 e. The van der Waals surface area contributed by atoms with Gasteiger partial charge in [0.25, 0.3) is 0 Å². The van der Waals surface area contributed by atoms with Gasteiger partial charge in [0.15, 0.2) is 0 Å². The van der Waals surface area contributed by atoms with Crippen LogP contribution >= 0.6 is 11.8 Å². The third-order valence-electron chi connectivity index (χ3n) is 3.24. The van der Waals surface area contributed by atoms with E-state index in [0.29, 0.717) is 5.92 Å². The molecule has 3 N–H and O–H groups in total. The van der Waals surface area contributed by atoms with Crippen molar-refractivity contribution >= 4 is 17.6 Å². The number of amidine groups is 1. The van der Waals surface area contributed by atoms with Gasteiger partial charge in [-0.2, -0.15) is 0 Å². The first kappa shape index (κ1) is 13.4. The summed E-state index contributed by atoms with van der Waals surface area (Å²) in [7, 11) is 0. The fourth-order valence-electron chi connectivity index (χ4n) is 2.15. The van der Waals surface area contributed by atoms with Crippen molar-refractivity contribution in [3.63, 3.8) is 0 Å². The van der Waals surface area contributed by atoms with E-state index in [2.05, 4.69) is 19.9 Å². The first-order chi connectivity index (χ1) is 8.58. The SMILES string of the molecule is CC(C)CCSc1nc2c(cc1C(=N)N)CCC2. The quantitative estimate of drug-likeness (QED) is 0.487. The molecule has 0 radical (unpaired) electrons. The zero-order valence-electron chi connectivity index (χ0n) is 11.1. The Kier molecular flexibility index (Phi) is 4.27. The van der Waals surface area contributed by atoms with Crippen LogP contribution in [-0.4, -0.2) is 16.6 Å². The van der Waals surface area contributed by atoms with Crippen LogP contribution in [0.3, 0.4) is 0 Å². The van der Waals surface area contributed by atoms with E-state index in [1.807, 2.05) is 0 Å². The van der Waals surface area contributed by atoms with Crippen LogP contribution in [0.15, 0.2) is 11.1 Å². The Morgan fingerprint density at radius 1 is 1.50 bits per heavy atom. The monoisotopic (exact) mass is 263 g/mol. The van der Waals surface area contributed by atoms with Crippen molar-refractivity contribution < 1.29 is 0 Å². The van der Waals surface area contributed by atoms with Gasteiger partial charge in [-0.15, -0.1) is 11.8 Å². The summed E-state index contributed by atoms with van der Waals surface area (Å²) in [4.78, 5) is 4.71. The molecule has 0 saturated carbocycles. The molecule has 0 bridgehead atoms. The summed E-state index contributed by atoms with van der Waals surface area (Å²) in [6, 6.07) is 2.08. The van der Waals surface area contributed by atoms with Crippen molar-refractivity contribution in [3.05, 3.63) is 22.9 Å². The van der Waals surface area contributed by atoms with Crippen molar-refractivity contribution in [1.82, 2.24) is 4.98 Å². The second-order valence-electron chi connectivity index (χ2n) is 5.25. The molecule has 98 valence electrons. The number of thioether (sulfide) groups is 1. The van der Waals surface area contributed by atoms with Gasteiger partial charge in [0.1, 0.15) is 10.9 Å².